The largest absolute Gasteiger partial charge is 0.466 e. The summed E-state index contributed by atoms with van der Waals surface area (Å²) in [6.07, 6.45) is 0.209. The minimum atomic E-state index is -0.256. The molecule has 0 heterocycles. The first-order valence-electron chi connectivity index (χ1n) is 4.76. The predicted molar refractivity (Wildman–Crippen MR) is 72.1 cm³/mol. The van der Waals surface area contributed by atoms with Crippen LogP contribution in [-0.4, -0.2) is 12.6 Å². The Morgan fingerprint density at radius 2 is 2.19 bits per heavy atom. The Kier molecular flexibility index (Phi) is 5.79. The van der Waals surface area contributed by atoms with Gasteiger partial charge in [-0.2, -0.15) is 0 Å². The molecule has 0 saturated heterocycles. The summed E-state index contributed by atoms with van der Waals surface area (Å²) in [6, 6.07) is 3.72. The Morgan fingerprint density at radius 1 is 1.50 bits per heavy atom. The minimum absolute atomic E-state index is 0.209. The summed E-state index contributed by atoms with van der Waals surface area (Å²) in [5.41, 5.74) is 1.81. The molecule has 0 radical (unpaired) electrons. The number of alkyl halides is 1. The van der Waals surface area contributed by atoms with Crippen LogP contribution in [0.3, 0.4) is 0 Å². The van der Waals surface area contributed by atoms with Crippen LogP contribution in [0.25, 0.3) is 0 Å². The summed E-state index contributed by atoms with van der Waals surface area (Å²) in [7, 11) is 0. The quantitative estimate of drug-likeness (QED) is 0.589. The molecule has 0 aliphatic rings. The lowest BCUT2D eigenvalue weighted by Crippen LogP contribution is -2.09. The number of hydrogen-bond donors (Lipinski definition) is 0. The first-order valence-corrected chi connectivity index (χ1v) is 7.06. The lowest BCUT2D eigenvalue weighted by molar-refractivity contribution is -0.142. The van der Waals surface area contributed by atoms with Crippen molar-refractivity contribution in [2.45, 2.75) is 18.7 Å². The average Bonchev–Trinajstić information content (AvgIpc) is 2.22. The molecule has 88 valence electrons. The molecular weight excluding hydrogens is 359 g/mol. The molecule has 0 N–H and O–H groups in total. The van der Waals surface area contributed by atoms with E-state index in [1.807, 2.05) is 6.07 Å². The number of hydrogen-bond acceptors (Lipinski definition) is 2. The number of carbonyl (C=O) groups is 1. The van der Waals surface area contributed by atoms with Crippen molar-refractivity contribution in [1.82, 2.24) is 0 Å². The molecule has 1 aromatic carbocycles. The lowest BCUT2D eigenvalue weighted by Gasteiger charge is -2.10. The van der Waals surface area contributed by atoms with Gasteiger partial charge in [0.05, 0.1) is 13.0 Å². The molecular formula is C11H11Br2ClO2. The number of benzene rings is 1. The maximum absolute atomic E-state index is 11.4. The summed E-state index contributed by atoms with van der Waals surface area (Å²) in [5, 5.41) is 1.23. The molecule has 16 heavy (non-hydrogen) atoms. The van der Waals surface area contributed by atoms with Crippen LogP contribution in [-0.2, 0) is 21.3 Å². The van der Waals surface area contributed by atoms with Gasteiger partial charge in [-0.1, -0.05) is 43.5 Å². The monoisotopic (exact) mass is 368 g/mol. The van der Waals surface area contributed by atoms with E-state index in [0.29, 0.717) is 17.0 Å². The van der Waals surface area contributed by atoms with Gasteiger partial charge in [0.1, 0.15) is 0 Å². The van der Waals surface area contributed by atoms with Crippen molar-refractivity contribution in [3.05, 3.63) is 32.8 Å². The third-order valence-corrected chi connectivity index (χ3v) is 3.42. The van der Waals surface area contributed by atoms with E-state index in [-0.39, 0.29) is 12.4 Å². The Balaban J connectivity index is 2.98. The van der Waals surface area contributed by atoms with Gasteiger partial charge in [-0.15, -0.1) is 0 Å². The van der Waals surface area contributed by atoms with Crippen LogP contribution in [0.5, 0.6) is 0 Å². The molecule has 0 fully saturated rings. The van der Waals surface area contributed by atoms with E-state index in [9.17, 15) is 4.79 Å². The first-order chi connectivity index (χ1) is 7.58. The molecule has 0 atom stereocenters. The van der Waals surface area contributed by atoms with Crippen molar-refractivity contribution >= 4 is 49.4 Å². The van der Waals surface area contributed by atoms with Gasteiger partial charge in [-0.3, -0.25) is 4.79 Å². The predicted octanol–water partition coefficient (Wildman–Crippen LogP) is 4.10. The van der Waals surface area contributed by atoms with Gasteiger partial charge in [0.2, 0.25) is 0 Å². The van der Waals surface area contributed by atoms with E-state index in [0.717, 1.165) is 15.6 Å². The maximum Gasteiger partial charge on any atom is 0.310 e. The molecule has 2 nitrogen and oxygen atoms in total. The fourth-order valence-corrected chi connectivity index (χ4v) is 2.77. The molecule has 0 unspecified atom stereocenters. The third kappa shape index (κ3) is 3.75. The van der Waals surface area contributed by atoms with Crippen molar-refractivity contribution in [3.8, 4) is 0 Å². The summed E-state index contributed by atoms with van der Waals surface area (Å²) in [4.78, 5) is 11.4. The smallest absolute Gasteiger partial charge is 0.310 e. The molecule has 0 bridgehead atoms. The second-order valence-corrected chi connectivity index (χ2v) is 5.02. The molecule has 0 saturated carbocycles. The van der Waals surface area contributed by atoms with E-state index < -0.39 is 0 Å². The van der Waals surface area contributed by atoms with E-state index >= 15 is 0 Å². The normalized spacial score (nSPS) is 10.2. The van der Waals surface area contributed by atoms with Crippen LogP contribution < -0.4 is 0 Å². The van der Waals surface area contributed by atoms with E-state index in [2.05, 4.69) is 31.9 Å². The van der Waals surface area contributed by atoms with Crippen LogP contribution in [0.2, 0.25) is 5.02 Å². The van der Waals surface area contributed by atoms with Crippen LogP contribution in [0.1, 0.15) is 18.1 Å². The molecule has 0 aliphatic heterocycles. The first kappa shape index (κ1) is 14.0. The highest BCUT2D eigenvalue weighted by Crippen LogP contribution is 2.27. The number of halogens is 3. The fourth-order valence-electron chi connectivity index (χ4n) is 1.33. The lowest BCUT2D eigenvalue weighted by atomic mass is 10.1. The number of carbonyl (C=O) groups excluding carboxylic acids is 1. The second-order valence-electron chi connectivity index (χ2n) is 3.14. The SMILES string of the molecule is CCOC(=O)Cc1c(Cl)cc(Br)cc1CBr. The van der Waals surface area contributed by atoms with Crippen LogP contribution in [0.4, 0.5) is 0 Å². The zero-order valence-electron chi connectivity index (χ0n) is 8.73. The van der Waals surface area contributed by atoms with Gasteiger partial charge >= 0.3 is 5.97 Å². The standard InChI is InChI=1S/C11H11Br2ClO2/c1-2-16-11(15)5-9-7(6-12)3-8(13)4-10(9)14/h3-4H,2,5-6H2,1H3. The summed E-state index contributed by atoms with van der Waals surface area (Å²) in [5.74, 6) is -0.256. The van der Waals surface area contributed by atoms with E-state index in [1.54, 1.807) is 13.0 Å². The zero-order valence-corrected chi connectivity index (χ0v) is 12.7. The Hall–Kier alpha value is -0.0600. The highest BCUT2D eigenvalue weighted by molar-refractivity contribution is 9.10. The van der Waals surface area contributed by atoms with Gasteiger partial charge in [0.25, 0.3) is 0 Å². The molecule has 0 aromatic heterocycles. The summed E-state index contributed by atoms with van der Waals surface area (Å²) in [6.45, 7) is 2.17. The molecule has 0 aliphatic carbocycles. The van der Waals surface area contributed by atoms with Gasteiger partial charge in [-0.05, 0) is 30.2 Å². The molecule has 5 heteroatoms. The second kappa shape index (κ2) is 6.62. The third-order valence-electron chi connectivity index (χ3n) is 2.02. The highest BCUT2D eigenvalue weighted by Gasteiger charge is 2.13. The fraction of sp³-hybridized carbons (Fsp3) is 0.364. The molecule has 0 amide bonds. The van der Waals surface area contributed by atoms with Crippen molar-refractivity contribution in [3.63, 3.8) is 0 Å². The van der Waals surface area contributed by atoms with Crippen molar-refractivity contribution < 1.29 is 9.53 Å². The van der Waals surface area contributed by atoms with Gasteiger partial charge in [0.15, 0.2) is 0 Å². The number of rotatable bonds is 4. The number of ether oxygens (including phenoxy) is 1. The van der Waals surface area contributed by atoms with Crippen LogP contribution in [0.15, 0.2) is 16.6 Å². The highest BCUT2D eigenvalue weighted by atomic mass is 79.9. The van der Waals surface area contributed by atoms with Gasteiger partial charge in [0, 0.05) is 14.8 Å². The van der Waals surface area contributed by atoms with Crippen molar-refractivity contribution in [2.75, 3.05) is 6.61 Å². The Bertz CT molecular complexity index is 394. The Labute approximate surface area is 117 Å². The molecule has 1 rings (SSSR count). The average molecular weight is 370 g/mol. The topological polar surface area (TPSA) is 26.3 Å². The Morgan fingerprint density at radius 3 is 2.75 bits per heavy atom. The maximum atomic E-state index is 11.4. The summed E-state index contributed by atoms with van der Waals surface area (Å²) < 4.78 is 5.81. The number of esters is 1. The van der Waals surface area contributed by atoms with E-state index in [1.165, 1.54) is 0 Å². The molecule has 1 aromatic rings. The van der Waals surface area contributed by atoms with Crippen molar-refractivity contribution in [2.24, 2.45) is 0 Å². The van der Waals surface area contributed by atoms with Crippen LogP contribution in [0, 0.1) is 0 Å². The van der Waals surface area contributed by atoms with Crippen LogP contribution >= 0.6 is 43.5 Å². The molecule has 0 spiro atoms. The van der Waals surface area contributed by atoms with E-state index in [4.69, 9.17) is 16.3 Å². The summed E-state index contributed by atoms with van der Waals surface area (Å²) >= 11 is 12.8. The van der Waals surface area contributed by atoms with Crippen molar-refractivity contribution in [1.29, 1.82) is 0 Å². The minimum Gasteiger partial charge on any atom is -0.466 e. The zero-order chi connectivity index (χ0) is 12.1. The van der Waals surface area contributed by atoms with Gasteiger partial charge < -0.3 is 4.74 Å². The van der Waals surface area contributed by atoms with Gasteiger partial charge in [-0.25, -0.2) is 0 Å².